The third-order valence-electron chi connectivity index (χ3n) is 2.74. The Morgan fingerprint density at radius 1 is 1.53 bits per heavy atom. The number of carbonyl (C=O) groups excluding carboxylic acids is 1. The van der Waals surface area contributed by atoms with Crippen LogP contribution in [0.15, 0.2) is 23.9 Å². The van der Waals surface area contributed by atoms with Crippen molar-refractivity contribution in [3.63, 3.8) is 0 Å². The minimum atomic E-state index is -0.426. The largest absolute Gasteiger partial charge is 0.464 e. The zero-order valence-corrected chi connectivity index (χ0v) is 11.3. The van der Waals surface area contributed by atoms with Crippen molar-refractivity contribution in [1.29, 1.82) is 0 Å². The van der Waals surface area contributed by atoms with Crippen molar-refractivity contribution in [3.05, 3.63) is 23.9 Å². The fraction of sp³-hybridized carbons (Fsp3) is 0.615. The standard InChI is InChI=1S/C13H24N2O2/c1-6-8-15(14)12(13(16)17-5)9-11(4)10(3)7-2/h9-10H,4,6-8,14H2,1-3,5H3/b12-9-. The molecule has 17 heavy (non-hydrogen) atoms. The molecular formula is C13H24N2O2. The van der Waals surface area contributed by atoms with E-state index >= 15 is 0 Å². The number of methoxy groups -OCH3 is 1. The van der Waals surface area contributed by atoms with Gasteiger partial charge in [0.15, 0.2) is 0 Å². The number of nitrogens with zero attached hydrogens (tertiary/aromatic N) is 1. The smallest absolute Gasteiger partial charge is 0.355 e. The molecule has 0 rings (SSSR count). The number of esters is 1. The number of hydrazine groups is 1. The predicted octanol–water partition coefficient (Wildman–Crippen LogP) is 2.23. The molecule has 0 heterocycles. The first kappa shape index (κ1) is 15.7. The minimum Gasteiger partial charge on any atom is -0.464 e. The molecule has 0 bridgehead atoms. The zero-order valence-electron chi connectivity index (χ0n) is 11.3. The van der Waals surface area contributed by atoms with Gasteiger partial charge in [0.05, 0.1) is 7.11 Å². The van der Waals surface area contributed by atoms with Gasteiger partial charge in [-0.05, 0) is 24.8 Å². The van der Waals surface area contributed by atoms with Crippen LogP contribution in [0.1, 0.15) is 33.6 Å². The summed E-state index contributed by atoms with van der Waals surface area (Å²) in [5.41, 5.74) is 1.25. The first-order valence-electron chi connectivity index (χ1n) is 5.98. The summed E-state index contributed by atoms with van der Waals surface area (Å²) in [4.78, 5) is 11.6. The first-order valence-corrected chi connectivity index (χ1v) is 5.98. The maximum Gasteiger partial charge on any atom is 0.355 e. The Hall–Kier alpha value is -1.29. The van der Waals surface area contributed by atoms with Gasteiger partial charge in [0.1, 0.15) is 5.70 Å². The maximum absolute atomic E-state index is 11.6. The van der Waals surface area contributed by atoms with E-state index in [9.17, 15) is 4.79 Å². The highest BCUT2D eigenvalue weighted by molar-refractivity contribution is 5.88. The van der Waals surface area contributed by atoms with Crippen LogP contribution in [0.4, 0.5) is 0 Å². The fourth-order valence-corrected chi connectivity index (χ4v) is 1.31. The van der Waals surface area contributed by atoms with E-state index in [0.717, 1.165) is 18.4 Å². The molecule has 0 aromatic heterocycles. The SMILES string of the molecule is C=C(/C=C(/C(=O)OC)N(N)CCC)C(C)CC. The first-order chi connectivity index (χ1) is 7.97. The summed E-state index contributed by atoms with van der Waals surface area (Å²) in [7, 11) is 1.35. The molecule has 0 aliphatic carbocycles. The van der Waals surface area contributed by atoms with Crippen LogP contribution in [0.5, 0.6) is 0 Å². The molecule has 1 unspecified atom stereocenters. The van der Waals surface area contributed by atoms with Crippen LogP contribution in [-0.4, -0.2) is 24.6 Å². The lowest BCUT2D eigenvalue weighted by atomic mass is 9.99. The van der Waals surface area contributed by atoms with Crippen molar-refractivity contribution in [2.75, 3.05) is 13.7 Å². The van der Waals surface area contributed by atoms with Crippen LogP contribution in [0, 0.1) is 5.92 Å². The van der Waals surface area contributed by atoms with Crippen LogP contribution >= 0.6 is 0 Å². The molecule has 0 spiro atoms. The maximum atomic E-state index is 11.6. The van der Waals surface area contributed by atoms with E-state index in [1.54, 1.807) is 6.08 Å². The molecule has 0 radical (unpaired) electrons. The lowest BCUT2D eigenvalue weighted by Gasteiger charge is -2.20. The molecule has 1 atom stereocenters. The number of carbonyl (C=O) groups is 1. The molecule has 0 saturated carbocycles. The normalized spacial score (nSPS) is 13.1. The van der Waals surface area contributed by atoms with Crippen LogP contribution in [-0.2, 0) is 9.53 Å². The molecule has 0 amide bonds. The van der Waals surface area contributed by atoms with E-state index < -0.39 is 5.97 Å². The molecule has 0 aromatic carbocycles. The number of rotatable bonds is 7. The molecule has 0 aromatic rings. The highest BCUT2D eigenvalue weighted by atomic mass is 16.5. The molecule has 2 N–H and O–H groups in total. The third kappa shape index (κ3) is 5.04. The van der Waals surface area contributed by atoms with Crippen LogP contribution in [0.25, 0.3) is 0 Å². The molecule has 98 valence electrons. The summed E-state index contributed by atoms with van der Waals surface area (Å²) >= 11 is 0. The highest BCUT2D eigenvalue weighted by Crippen LogP contribution is 2.16. The average Bonchev–Trinajstić information content (AvgIpc) is 2.33. The Kier molecular flexibility index (Phi) is 7.30. The van der Waals surface area contributed by atoms with Crippen LogP contribution in [0.3, 0.4) is 0 Å². The molecule has 0 aliphatic heterocycles. The monoisotopic (exact) mass is 240 g/mol. The summed E-state index contributed by atoms with van der Waals surface area (Å²) in [6.45, 7) is 10.7. The molecule has 0 aliphatic rings. The average molecular weight is 240 g/mol. The van der Waals surface area contributed by atoms with Crippen molar-refractivity contribution in [1.82, 2.24) is 5.01 Å². The second-order valence-corrected chi connectivity index (χ2v) is 4.10. The number of ether oxygens (including phenoxy) is 1. The highest BCUT2D eigenvalue weighted by Gasteiger charge is 2.16. The second kappa shape index (κ2) is 7.90. The van der Waals surface area contributed by atoms with Gasteiger partial charge >= 0.3 is 5.97 Å². The summed E-state index contributed by atoms with van der Waals surface area (Å²) in [6, 6.07) is 0. The molecule has 4 nitrogen and oxygen atoms in total. The number of hydrogen-bond donors (Lipinski definition) is 1. The van der Waals surface area contributed by atoms with Gasteiger partial charge in [-0.15, -0.1) is 0 Å². The van der Waals surface area contributed by atoms with Gasteiger partial charge in [-0.2, -0.15) is 0 Å². The van der Waals surface area contributed by atoms with Crippen molar-refractivity contribution >= 4 is 5.97 Å². The Morgan fingerprint density at radius 2 is 2.12 bits per heavy atom. The molecule has 0 saturated heterocycles. The Morgan fingerprint density at radius 3 is 2.53 bits per heavy atom. The predicted molar refractivity (Wildman–Crippen MR) is 69.9 cm³/mol. The van der Waals surface area contributed by atoms with Crippen LogP contribution < -0.4 is 5.84 Å². The molecule has 4 heteroatoms. The van der Waals surface area contributed by atoms with Gasteiger partial charge in [-0.25, -0.2) is 10.6 Å². The van der Waals surface area contributed by atoms with Gasteiger partial charge in [0.2, 0.25) is 0 Å². The molecular weight excluding hydrogens is 216 g/mol. The topological polar surface area (TPSA) is 55.6 Å². The number of nitrogens with two attached hydrogens (primary N) is 1. The summed E-state index contributed by atoms with van der Waals surface area (Å²) in [5.74, 6) is 5.72. The van der Waals surface area contributed by atoms with Gasteiger partial charge < -0.3 is 9.75 Å². The summed E-state index contributed by atoms with van der Waals surface area (Å²) in [5, 5.41) is 1.42. The van der Waals surface area contributed by atoms with E-state index in [1.807, 2.05) is 6.92 Å². The minimum absolute atomic E-state index is 0.324. The van der Waals surface area contributed by atoms with Crippen molar-refractivity contribution in [2.24, 2.45) is 11.8 Å². The Labute approximate surface area is 104 Å². The second-order valence-electron chi connectivity index (χ2n) is 4.10. The van der Waals surface area contributed by atoms with Crippen LogP contribution in [0.2, 0.25) is 0 Å². The van der Waals surface area contributed by atoms with E-state index in [4.69, 9.17) is 10.6 Å². The third-order valence-corrected chi connectivity index (χ3v) is 2.74. The van der Waals surface area contributed by atoms with Gasteiger partial charge in [0.25, 0.3) is 0 Å². The number of hydrogen-bond acceptors (Lipinski definition) is 4. The lowest BCUT2D eigenvalue weighted by molar-refractivity contribution is -0.138. The van der Waals surface area contributed by atoms with Crippen molar-refractivity contribution in [3.8, 4) is 0 Å². The Bertz CT molecular complexity index is 298. The van der Waals surface area contributed by atoms with E-state index in [0.29, 0.717) is 18.2 Å². The van der Waals surface area contributed by atoms with E-state index in [1.165, 1.54) is 12.1 Å². The number of allylic oxidation sites excluding steroid dienone is 2. The quantitative estimate of drug-likeness (QED) is 0.244. The van der Waals surface area contributed by atoms with Gasteiger partial charge in [-0.3, -0.25) is 0 Å². The van der Waals surface area contributed by atoms with E-state index in [2.05, 4.69) is 20.4 Å². The van der Waals surface area contributed by atoms with Crippen molar-refractivity contribution in [2.45, 2.75) is 33.6 Å². The lowest BCUT2D eigenvalue weighted by Crippen LogP contribution is -2.35. The van der Waals surface area contributed by atoms with E-state index in [-0.39, 0.29) is 0 Å². The molecule has 0 fully saturated rings. The van der Waals surface area contributed by atoms with Gasteiger partial charge in [0, 0.05) is 6.54 Å². The Balaban J connectivity index is 4.97. The van der Waals surface area contributed by atoms with Crippen molar-refractivity contribution < 1.29 is 9.53 Å². The van der Waals surface area contributed by atoms with Gasteiger partial charge in [-0.1, -0.05) is 32.9 Å². The summed E-state index contributed by atoms with van der Waals surface area (Å²) < 4.78 is 4.72. The summed E-state index contributed by atoms with van der Waals surface area (Å²) in [6.07, 6.45) is 3.55. The zero-order chi connectivity index (χ0) is 13.4. The fourth-order valence-electron chi connectivity index (χ4n) is 1.31.